The van der Waals surface area contributed by atoms with Gasteiger partial charge in [-0.25, -0.2) is 13.4 Å². The van der Waals surface area contributed by atoms with E-state index < -0.39 is 15.7 Å². The minimum absolute atomic E-state index is 0.172. The fraction of sp³-hybridized carbons (Fsp3) is 0.273. The number of carbonyl (C=O) groups excluding carboxylic acids is 1. The Morgan fingerprint density at radius 1 is 1.15 bits per heavy atom. The molecule has 0 spiro atoms. The van der Waals surface area contributed by atoms with Crippen molar-refractivity contribution in [2.45, 2.75) is 24.5 Å². The third-order valence-electron chi connectivity index (χ3n) is 4.30. The molecule has 2 aromatic carbocycles. The second-order valence-corrected chi connectivity index (χ2v) is 10.1. The molecule has 0 saturated carbocycles. The number of hydrogen-bond acceptors (Lipinski definition) is 9. The van der Waals surface area contributed by atoms with Gasteiger partial charge in [-0.2, -0.15) is 0 Å². The molecule has 0 aliphatic heterocycles. The summed E-state index contributed by atoms with van der Waals surface area (Å²) in [7, 11) is -1.76. The second-order valence-electron chi connectivity index (χ2n) is 7.18. The lowest BCUT2D eigenvalue weighted by Gasteiger charge is -2.16. The number of aromatic nitrogens is 1. The number of thiazole rings is 1. The maximum Gasteiger partial charge on any atom is 0.257 e. The van der Waals surface area contributed by atoms with Crippen LogP contribution in [-0.2, 0) is 21.2 Å². The van der Waals surface area contributed by atoms with Gasteiger partial charge in [-0.15, -0.1) is 11.3 Å². The van der Waals surface area contributed by atoms with Crippen LogP contribution >= 0.6 is 11.3 Å². The van der Waals surface area contributed by atoms with E-state index >= 15 is 0 Å². The summed E-state index contributed by atoms with van der Waals surface area (Å²) in [6, 6.07) is 10.7. The summed E-state index contributed by atoms with van der Waals surface area (Å²) >= 11 is 1.20. The third-order valence-corrected chi connectivity index (χ3v) is 6.24. The van der Waals surface area contributed by atoms with Crippen molar-refractivity contribution in [2.24, 2.45) is 0 Å². The summed E-state index contributed by atoms with van der Waals surface area (Å²) < 4.78 is 40.1. The molecule has 3 aromatic rings. The van der Waals surface area contributed by atoms with E-state index in [4.69, 9.17) is 19.3 Å². The molecule has 3 rings (SSSR count). The molecular weight excluding hydrogens is 468 g/mol. The van der Waals surface area contributed by atoms with Gasteiger partial charge in [0, 0.05) is 30.4 Å². The summed E-state index contributed by atoms with van der Waals surface area (Å²) in [6.07, 6.45) is 0.850. The molecule has 2 N–H and O–H groups in total. The highest BCUT2D eigenvalue weighted by atomic mass is 32.2. The Kier molecular flexibility index (Phi) is 8.03. The first kappa shape index (κ1) is 24.6. The fourth-order valence-electron chi connectivity index (χ4n) is 2.83. The minimum Gasteiger partial charge on any atom is -0.488 e. The van der Waals surface area contributed by atoms with Crippen LogP contribution in [0.25, 0.3) is 0 Å². The number of nitrogens with one attached hydrogen (secondary N) is 1. The summed E-state index contributed by atoms with van der Waals surface area (Å²) in [5.74, 6) is 0.675. The van der Waals surface area contributed by atoms with Gasteiger partial charge in [-0.05, 0) is 43.3 Å². The smallest absolute Gasteiger partial charge is 0.257 e. The van der Waals surface area contributed by atoms with Crippen molar-refractivity contribution in [2.75, 3.05) is 25.3 Å². The minimum atomic E-state index is -3.33. The molecule has 0 radical (unpaired) electrons. The molecule has 33 heavy (non-hydrogen) atoms. The van der Waals surface area contributed by atoms with Crippen molar-refractivity contribution in [1.29, 1.82) is 0 Å². The number of sulfone groups is 1. The van der Waals surface area contributed by atoms with Gasteiger partial charge in [-0.3, -0.25) is 10.1 Å². The van der Waals surface area contributed by atoms with Crippen LogP contribution in [0.3, 0.4) is 0 Å². The van der Waals surface area contributed by atoms with E-state index in [9.17, 15) is 13.2 Å². The lowest BCUT2D eigenvalue weighted by molar-refractivity contribution is 0.0916. The van der Waals surface area contributed by atoms with E-state index in [1.807, 2.05) is 6.92 Å². The Morgan fingerprint density at radius 3 is 2.45 bits per heavy atom. The summed E-state index contributed by atoms with van der Waals surface area (Å²) in [5, 5.41) is 13.8. The highest BCUT2D eigenvalue weighted by Gasteiger charge is 2.15. The maximum atomic E-state index is 12.8. The van der Waals surface area contributed by atoms with Crippen molar-refractivity contribution in [3.05, 3.63) is 59.1 Å². The van der Waals surface area contributed by atoms with Gasteiger partial charge in [0.15, 0.2) is 15.0 Å². The second kappa shape index (κ2) is 10.8. The molecule has 1 heterocycles. The molecule has 0 fully saturated rings. The number of carbonyl (C=O) groups is 1. The van der Waals surface area contributed by atoms with Gasteiger partial charge >= 0.3 is 0 Å². The summed E-state index contributed by atoms with van der Waals surface area (Å²) in [6.45, 7) is 1.96. The Hall–Kier alpha value is -2.99. The van der Waals surface area contributed by atoms with E-state index in [1.165, 1.54) is 41.7 Å². The molecule has 1 amide bonds. The normalized spacial score (nSPS) is 12.2. The van der Waals surface area contributed by atoms with Crippen molar-refractivity contribution in [3.8, 4) is 17.2 Å². The largest absolute Gasteiger partial charge is 0.488 e. The molecule has 1 atom stereocenters. The van der Waals surface area contributed by atoms with Crippen molar-refractivity contribution in [3.63, 3.8) is 0 Å². The van der Waals surface area contributed by atoms with Gasteiger partial charge in [-0.1, -0.05) is 0 Å². The molecule has 0 bridgehead atoms. The van der Waals surface area contributed by atoms with Crippen molar-refractivity contribution >= 4 is 32.2 Å². The van der Waals surface area contributed by atoms with Gasteiger partial charge in [0.1, 0.15) is 23.4 Å². The van der Waals surface area contributed by atoms with Gasteiger partial charge in [0.25, 0.3) is 5.91 Å². The number of rotatable bonds is 10. The van der Waals surface area contributed by atoms with Gasteiger partial charge in [0.05, 0.1) is 23.8 Å². The lowest BCUT2D eigenvalue weighted by atomic mass is 10.2. The topological polar surface area (TPSA) is 124 Å². The molecule has 9 nitrogen and oxygen atoms in total. The number of ether oxygens (including phenoxy) is 3. The molecule has 0 aliphatic rings. The van der Waals surface area contributed by atoms with Crippen LogP contribution in [0.1, 0.15) is 23.0 Å². The van der Waals surface area contributed by atoms with Crippen LogP contribution in [0, 0.1) is 0 Å². The van der Waals surface area contributed by atoms with E-state index in [2.05, 4.69) is 10.3 Å². The quantitative estimate of drug-likeness (QED) is 0.441. The molecule has 1 aromatic heterocycles. The number of methoxy groups -OCH3 is 1. The zero-order valence-electron chi connectivity index (χ0n) is 18.3. The predicted octanol–water partition coefficient (Wildman–Crippen LogP) is 3.50. The average Bonchev–Trinajstić information content (AvgIpc) is 3.21. The molecule has 0 unspecified atom stereocenters. The summed E-state index contributed by atoms with van der Waals surface area (Å²) in [4.78, 5) is 17.1. The molecule has 0 saturated heterocycles. The number of aliphatic hydroxyl groups excluding tert-OH is 1. The Bertz CT molecular complexity index is 1210. The molecular formula is C22H24N2O7S2. The molecule has 11 heteroatoms. The first-order valence-corrected chi connectivity index (χ1v) is 12.6. The zero-order chi connectivity index (χ0) is 24.0. The van der Waals surface area contributed by atoms with Crippen LogP contribution < -0.4 is 14.8 Å². The van der Waals surface area contributed by atoms with E-state index in [-0.39, 0.29) is 23.2 Å². The highest BCUT2D eigenvalue weighted by molar-refractivity contribution is 7.90. The van der Waals surface area contributed by atoms with E-state index in [0.29, 0.717) is 34.7 Å². The first-order valence-electron chi connectivity index (χ1n) is 9.83. The number of aliphatic hydroxyl groups is 1. The average molecular weight is 493 g/mol. The van der Waals surface area contributed by atoms with Crippen LogP contribution in [-0.4, -0.2) is 50.5 Å². The zero-order valence-corrected chi connectivity index (χ0v) is 19.9. The summed E-state index contributed by atoms with van der Waals surface area (Å²) in [5.41, 5.74) is 0.725. The van der Waals surface area contributed by atoms with Crippen LogP contribution in [0.2, 0.25) is 0 Å². The Balaban J connectivity index is 1.87. The number of nitrogens with zero attached hydrogens (tertiary/aromatic N) is 1. The van der Waals surface area contributed by atoms with Crippen LogP contribution in [0.5, 0.6) is 17.2 Å². The van der Waals surface area contributed by atoms with Crippen LogP contribution in [0.15, 0.2) is 52.7 Å². The monoisotopic (exact) mass is 492 g/mol. The molecule has 176 valence electrons. The van der Waals surface area contributed by atoms with Crippen molar-refractivity contribution < 1.29 is 32.5 Å². The Labute approximate surface area is 195 Å². The number of benzene rings is 2. The standard InChI is InChI=1S/C22H24N2O7S2/c1-14(12-29-2)30-18-8-15(21(26)24-22-23-16(11-25)13-32-22)9-19(10-18)31-17-4-6-20(7-5-17)33(3,27)28/h4-10,13-14,25H,11-12H2,1-3H3,(H,23,24,26)/t14-/m0/s1. The third kappa shape index (κ3) is 6.99. The van der Waals surface area contributed by atoms with E-state index in [0.717, 1.165) is 6.26 Å². The fourth-order valence-corrected chi connectivity index (χ4v) is 4.16. The van der Waals surface area contributed by atoms with Gasteiger partial charge in [0.2, 0.25) is 0 Å². The maximum absolute atomic E-state index is 12.8. The Morgan fingerprint density at radius 2 is 1.85 bits per heavy atom. The first-order chi connectivity index (χ1) is 15.7. The number of anilines is 1. The van der Waals surface area contributed by atoms with Gasteiger partial charge < -0.3 is 19.3 Å². The number of amides is 1. The highest BCUT2D eigenvalue weighted by Crippen LogP contribution is 2.29. The van der Waals surface area contributed by atoms with E-state index in [1.54, 1.807) is 24.6 Å². The number of hydrogen-bond donors (Lipinski definition) is 2. The predicted molar refractivity (Wildman–Crippen MR) is 124 cm³/mol. The molecule has 0 aliphatic carbocycles. The lowest BCUT2D eigenvalue weighted by Crippen LogP contribution is -2.18. The van der Waals surface area contributed by atoms with Crippen molar-refractivity contribution in [1.82, 2.24) is 4.98 Å². The van der Waals surface area contributed by atoms with Crippen LogP contribution in [0.4, 0.5) is 5.13 Å². The SMILES string of the molecule is COC[C@H](C)Oc1cc(Oc2ccc(S(C)(=O)=O)cc2)cc(C(=O)Nc2nc(CO)cs2)c1.